The molecule has 0 spiro atoms. The second-order valence-corrected chi connectivity index (χ2v) is 4.83. The number of hydrogen-bond acceptors (Lipinski definition) is 3. The van der Waals surface area contributed by atoms with Crippen LogP contribution in [0.15, 0.2) is 0 Å². The van der Waals surface area contributed by atoms with E-state index in [-0.39, 0.29) is 6.10 Å². The molecule has 1 amide bonds. The van der Waals surface area contributed by atoms with E-state index in [4.69, 9.17) is 9.84 Å². The highest BCUT2D eigenvalue weighted by Crippen LogP contribution is 2.21. The first kappa shape index (κ1) is 14.8. The number of unbranched alkanes of at least 4 members (excludes halogenated alkanes) is 5. The van der Waals surface area contributed by atoms with Gasteiger partial charge in [0.15, 0.2) is 6.04 Å². The van der Waals surface area contributed by atoms with E-state index in [0.717, 1.165) is 19.3 Å². The molecule has 0 bridgehead atoms. The quantitative estimate of drug-likeness (QED) is 0.536. The van der Waals surface area contributed by atoms with E-state index in [2.05, 4.69) is 6.92 Å². The van der Waals surface area contributed by atoms with Gasteiger partial charge in [-0.2, -0.15) is 0 Å². The monoisotopic (exact) mass is 257 g/mol. The van der Waals surface area contributed by atoms with Crippen molar-refractivity contribution in [2.24, 2.45) is 0 Å². The standard InChI is InChI=1S/C13H23NO4/c1-3-4-5-6-7-8-9-14(13(16)17)11-10(2)18-12(11)15/h10-11H,3-9H2,1-2H3,(H,16,17)/t10-,11+/m0/s1. The van der Waals surface area contributed by atoms with Gasteiger partial charge < -0.3 is 9.84 Å². The number of ether oxygens (including phenoxy) is 1. The van der Waals surface area contributed by atoms with Crippen molar-refractivity contribution in [3.8, 4) is 0 Å². The minimum absolute atomic E-state index is 0.311. The largest absolute Gasteiger partial charge is 0.465 e. The highest BCUT2D eigenvalue weighted by atomic mass is 16.6. The number of esters is 1. The van der Waals surface area contributed by atoms with Crippen molar-refractivity contribution < 1.29 is 19.4 Å². The van der Waals surface area contributed by atoms with Gasteiger partial charge in [-0.1, -0.05) is 39.0 Å². The molecule has 104 valence electrons. The van der Waals surface area contributed by atoms with Crippen LogP contribution < -0.4 is 0 Å². The van der Waals surface area contributed by atoms with Crippen LogP contribution in [0.1, 0.15) is 52.4 Å². The van der Waals surface area contributed by atoms with Gasteiger partial charge in [-0.3, -0.25) is 4.90 Å². The van der Waals surface area contributed by atoms with Crippen molar-refractivity contribution >= 4 is 12.1 Å². The Labute approximate surface area is 108 Å². The van der Waals surface area contributed by atoms with Crippen LogP contribution in [0.25, 0.3) is 0 Å². The Balaban J connectivity index is 2.27. The van der Waals surface area contributed by atoms with E-state index in [1.807, 2.05) is 0 Å². The molecule has 18 heavy (non-hydrogen) atoms. The highest BCUT2D eigenvalue weighted by molar-refractivity contribution is 5.85. The van der Waals surface area contributed by atoms with Crippen LogP contribution in [0.2, 0.25) is 0 Å². The minimum Gasteiger partial charge on any atom is -0.465 e. The van der Waals surface area contributed by atoms with Crippen molar-refractivity contribution in [1.29, 1.82) is 0 Å². The molecular weight excluding hydrogens is 234 g/mol. The number of amides is 1. The Morgan fingerprint density at radius 1 is 1.28 bits per heavy atom. The van der Waals surface area contributed by atoms with E-state index >= 15 is 0 Å². The molecule has 1 N–H and O–H groups in total. The number of carbonyl (C=O) groups excluding carboxylic acids is 1. The number of rotatable bonds is 8. The number of cyclic esters (lactones) is 1. The number of nitrogens with zero attached hydrogens (tertiary/aromatic N) is 1. The average molecular weight is 257 g/mol. The predicted octanol–water partition coefficient (Wildman–Crippen LogP) is 2.64. The third-order valence-corrected chi connectivity index (χ3v) is 3.32. The molecule has 0 radical (unpaired) electrons. The van der Waals surface area contributed by atoms with Crippen molar-refractivity contribution in [1.82, 2.24) is 4.90 Å². The molecule has 0 saturated carbocycles. The number of carbonyl (C=O) groups is 2. The zero-order chi connectivity index (χ0) is 13.5. The summed E-state index contributed by atoms with van der Waals surface area (Å²) in [6, 6.07) is -0.599. The summed E-state index contributed by atoms with van der Waals surface area (Å²) in [5.41, 5.74) is 0. The average Bonchev–Trinajstić information content (AvgIpc) is 2.31. The number of hydrogen-bond donors (Lipinski definition) is 1. The Kier molecular flexibility index (Phi) is 5.95. The lowest BCUT2D eigenvalue weighted by molar-refractivity contribution is -0.183. The van der Waals surface area contributed by atoms with Gasteiger partial charge >= 0.3 is 12.1 Å². The third-order valence-electron chi connectivity index (χ3n) is 3.32. The van der Waals surface area contributed by atoms with Gasteiger partial charge in [0.2, 0.25) is 0 Å². The first-order chi connectivity index (χ1) is 8.57. The normalized spacial score (nSPS) is 22.2. The van der Waals surface area contributed by atoms with Crippen LogP contribution >= 0.6 is 0 Å². The lowest BCUT2D eigenvalue weighted by Crippen LogP contribution is -2.60. The molecule has 1 fully saturated rings. The van der Waals surface area contributed by atoms with Crippen molar-refractivity contribution in [2.45, 2.75) is 64.5 Å². The fraction of sp³-hybridized carbons (Fsp3) is 0.846. The Bertz CT molecular complexity index is 293. The van der Waals surface area contributed by atoms with E-state index in [1.165, 1.54) is 24.2 Å². The van der Waals surface area contributed by atoms with Crippen molar-refractivity contribution in [3.05, 3.63) is 0 Å². The zero-order valence-electron chi connectivity index (χ0n) is 11.2. The molecule has 1 heterocycles. The molecule has 0 aromatic rings. The fourth-order valence-electron chi connectivity index (χ4n) is 2.23. The van der Waals surface area contributed by atoms with Crippen molar-refractivity contribution in [2.75, 3.05) is 6.54 Å². The Morgan fingerprint density at radius 2 is 1.89 bits per heavy atom. The lowest BCUT2D eigenvalue weighted by Gasteiger charge is -2.39. The minimum atomic E-state index is -1.03. The first-order valence-corrected chi connectivity index (χ1v) is 6.78. The summed E-state index contributed by atoms with van der Waals surface area (Å²) >= 11 is 0. The molecule has 0 aromatic carbocycles. The van der Waals surface area contributed by atoms with Crippen LogP contribution in [0.5, 0.6) is 0 Å². The number of carboxylic acid groups (broad SMARTS) is 1. The van der Waals surface area contributed by atoms with Gasteiger partial charge in [-0.15, -0.1) is 0 Å². The molecule has 5 nitrogen and oxygen atoms in total. The van der Waals surface area contributed by atoms with Crippen LogP contribution in [-0.2, 0) is 9.53 Å². The Morgan fingerprint density at radius 3 is 2.39 bits per heavy atom. The zero-order valence-corrected chi connectivity index (χ0v) is 11.2. The van der Waals surface area contributed by atoms with Gasteiger partial charge in [-0.25, -0.2) is 9.59 Å². The summed E-state index contributed by atoms with van der Waals surface area (Å²) in [5.74, 6) is -0.420. The van der Waals surface area contributed by atoms with E-state index < -0.39 is 18.1 Å². The van der Waals surface area contributed by atoms with E-state index in [0.29, 0.717) is 6.54 Å². The topological polar surface area (TPSA) is 66.8 Å². The summed E-state index contributed by atoms with van der Waals surface area (Å²) < 4.78 is 4.80. The van der Waals surface area contributed by atoms with E-state index in [9.17, 15) is 9.59 Å². The maximum absolute atomic E-state index is 11.2. The van der Waals surface area contributed by atoms with Crippen molar-refractivity contribution in [3.63, 3.8) is 0 Å². The highest BCUT2D eigenvalue weighted by Gasteiger charge is 2.45. The molecule has 1 aliphatic rings. The fourth-order valence-corrected chi connectivity index (χ4v) is 2.23. The maximum atomic E-state index is 11.2. The molecule has 1 rings (SSSR count). The molecule has 0 unspecified atom stereocenters. The molecule has 1 saturated heterocycles. The second kappa shape index (κ2) is 7.24. The molecule has 0 aliphatic carbocycles. The van der Waals surface area contributed by atoms with Crippen LogP contribution in [0.3, 0.4) is 0 Å². The SMILES string of the molecule is CCCCCCCCN(C(=O)O)[C@H]1C(=O)O[C@H]1C. The molecule has 5 heteroatoms. The Hall–Kier alpha value is -1.26. The second-order valence-electron chi connectivity index (χ2n) is 4.83. The summed E-state index contributed by atoms with van der Waals surface area (Å²) in [5, 5.41) is 9.10. The molecular formula is C13H23NO4. The molecule has 2 atom stereocenters. The maximum Gasteiger partial charge on any atom is 0.408 e. The predicted molar refractivity (Wildman–Crippen MR) is 67.4 cm³/mol. The third kappa shape index (κ3) is 3.89. The van der Waals surface area contributed by atoms with Crippen LogP contribution in [-0.4, -0.2) is 40.8 Å². The summed E-state index contributed by atoms with van der Waals surface area (Å²) in [6.07, 6.45) is 5.25. The lowest BCUT2D eigenvalue weighted by atomic mass is 10.1. The van der Waals surface area contributed by atoms with Gasteiger partial charge in [0.05, 0.1) is 0 Å². The van der Waals surface area contributed by atoms with E-state index in [1.54, 1.807) is 6.92 Å². The van der Waals surface area contributed by atoms with Crippen LogP contribution in [0, 0.1) is 0 Å². The molecule has 0 aromatic heterocycles. The van der Waals surface area contributed by atoms with Crippen LogP contribution in [0.4, 0.5) is 4.79 Å². The molecule has 1 aliphatic heterocycles. The van der Waals surface area contributed by atoms with Gasteiger partial charge in [-0.05, 0) is 13.3 Å². The summed E-state index contributed by atoms with van der Waals surface area (Å²) in [4.78, 5) is 23.6. The summed E-state index contributed by atoms with van der Waals surface area (Å²) in [7, 11) is 0. The van der Waals surface area contributed by atoms with Gasteiger partial charge in [0.1, 0.15) is 6.10 Å². The summed E-state index contributed by atoms with van der Waals surface area (Å²) in [6.45, 7) is 4.31. The van der Waals surface area contributed by atoms with Gasteiger partial charge in [0.25, 0.3) is 0 Å². The first-order valence-electron chi connectivity index (χ1n) is 6.78. The smallest absolute Gasteiger partial charge is 0.408 e. The van der Waals surface area contributed by atoms with Gasteiger partial charge in [0, 0.05) is 6.54 Å².